The molecule has 5 nitrogen and oxygen atoms in total. The van der Waals surface area contributed by atoms with Gasteiger partial charge in [0, 0.05) is 31.0 Å². The molecule has 128 valence electrons. The molecule has 2 rings (SSSR count). The summed E-state index contributed by atoms with van der Waals surface area (Å²) >= 11 is 0. The Kier molecular flexibility index (Phi) is 6.59. The molecule has 1 aromatic rings. The molecule has 1 saturated carbocycles. The Morgan fingerprint density at radius 3 is 2.22 bits per heavy atom. The van der Waals surface area contributed by atoms with Crippen molar-refractivity contribution in [1.82, 2.24) is 10.6 Å². The second-order valence-corrected chi connectivity index (χ2v) is 8.21. The van der Waals surface area contributed by atoms with Crippen LogP contribution >= 0.6 is 0 Å². The van der Waals surface area contributed by atoms with Gasteiger partial charge in [-0.2, -0.15) is 0 Å². The van der Waals surface area contributed by atoms with Crippen LogP contribution in [0.4, 0.5) is 0 Å². The van der Waals surface area contributed by atoms with E-state index in [4.69, 9.17) is 0 Å². The van der Waals surface area contributed by atoms with E-state index in [-0.39, 0.29) is 10.8 Å². The van der Waals surface area contributed by atoms with Gasteiger partial charge in [0.15, 0.2) is 9.84 Å². The largest absolute Gasteiger partial charge is 0.351 e. The number of hydrogen-bond acceptors (Lipinski definition) is 4. The van der Waals surface area contributed by atoms with E-state index in [0.29, 0.717) is 18.2 Å². The zero-order valence-corrected chi connectivity index (χ0v) is 14.5. The van der Waals surface area contributed by atoms with Gasteiger partial charge in [-0.1, -0.05) is 25.7 Å². The molecule has 2 N–H and O–H groups in total. The first-order valence-corrected chi connectivity index (χ1v) is 10.2. The van der Waals surface area contributed by atoms with E-state index in [2.05, 4.69) is 10.6 Å². The van der Waals surface area contributed by atoms with Crippen LogP contribution in [-0.4, -0.2) is 39.7 Å². The van der Waals surface area contributed by atoms with Crippen molar-refractivity contribution in [2.45, 2.75) is 49.5 Å². The zero-order chi connectivity index (χ0) is 16.7. The van der Waals surface area contributed by atoms with Crippen molar-refractivity contribution in [3.8, 4) is 0 Å². The van der Waals surface area contributed by atoms with Gasteiger partial charge in [-0.15, -0.1) is 0 Å². The second-order valence-electron chi connectivity index (χ2n) is 6.20. The first kappa shape index (κ1) is 17.9. The maximum Gasteiger partial charge on any atom is 0.251 e. The van der Waals surface area contributed by atoms with Crippen LogP contribution in [0.2, 0.25) is 0 Å². The maximum atomic E-state index is 12.0. The minimum absolute atomic E-state index is 0.173. The van der Waals surface area contributed by atoms with Crippen LogP contribution in [0.25, 0.3) is 0 Å². The van der Waals surface area contributed by atoms with Crippen molar-refractivity contribution < 1.29 is 13.2 Å². The van der Waals surface area contributed by atoms with Crippen LogP contribution in [-0.2, 0) is 9.84 Å². The summed E-state index contributed by atoms with van der Waals surface area (Å²) in [5.41, 5.74) is 0.479. The molecule has 1 aliphatic carbocycles. The van der Waals surface area contributed by atoms with E-state index in [9.17, 15) is 13.2 Å². The van der Waals surface area contributed by atoms with Crippen LogP contribution in [0.15, 0.2) is 29.2 Å². The van der Waals surface area contributed by atoms with Gasteiger partial charge in [0.05, 0.1) is 4.90 Å². The predicted octanol–water partition coefficient (Wildman–Crippen LogP) is 2.13. The molecule has 0 aliphatic heterocycles. The van der Waals surface area contributed by atoms with Gasteiger partial charge in [-0.25, -0.2) is 8.42 Å². The molecule has 1 amide bonds. The number of carbonyl (C=O) groups is 1. The molecule has 6 heteroatoms. The van der Waals surface area contributed by atoms with Crippen molar-refractivity contribution in [3.63, 3.8) is 0 Å². The van der Waals surface area contributed by atoms with Gasteiger partial charge in [0.2, 0.25) is 0 Å². The van der Waals surface area contributed by atoms with E-state index in [0.717, 1.165) is 12.8 Å². The quantitative estimate of drug-likeness (QED) is 0.615. The van der Waals surface area contributed by atoms with Gasteiger partial charge in [0.25, 0.3) is 5.91 Å². The fraction of sp³-hybridized carbons (Fsp3) is 0.588. The van der Waals surface area contributed by atoms with Crippen LogP contribution in [0.5, 0.6) is 0 Å². The Hall–Kier alpha value is -1.40. The number of nitrogens with one attached hydrogen (secondary N) is 2. The van der Waals surface area contributed by atoms with E-state index in [1.807, 2.05) is 0 Å². The van der Waals surface area contributed by atoms with Crippen LogP contribution in [0.3, 0.4) is 0 Å². The van der Waals surface area contributed by atoms with E-state index >= 15 is 0 Å². The van der Waals surface area contributed by atoms with Crippen molar-refractivity contribution in [2.24, 2.45) is 0 Å². The molecule has 0 bridgehead atoms. The smallest absolute Gasteiger partial charge is 0.251 e. The summed E-state index contributed by atoms with van der Waals surface area (Å²) < 4.78 is 22.8. The fourth-order valence-corrected chi connectivity index (χ4v) is 3.52. The molecular weight excluding hydrogens is 312 g/mol. The third kappa shape index (κ3) is 5.95. The fourth-order valence-electron chi connectivity index (χ4n) is 2.89. The van der Waals surface area contributed by atoms with Gasteiger partial charge in [0.1, 0.15) is 0 Å². The second kappa shape index (κ2) is 8.45. The molecule has 1 aliphatic rings. The summed E-state index contributed by atoms with van der Waals surface area (Å²) in [6.07, 6.45) is 8.84. The Bertz CT molecular complexity index is 603. The predicted molar refractivity (Wildman–Crippen MR) is 91.4 cm³/mol. The third-order valence-electron chi connectivity index (χ3n) is 4.24. The molecular formula is C17H26N2O3S. The average Bonchev–Trinajstić information content (AvgIpc) is 2.79. The number of rotatable bonds is 6. The van der Waals surface area contributed by atoms with Gasteiger partial charge >= 0.3 is 0 Å². The van der Waals surface area contributed by atoms with E-state index in [1.165, 1.54) is 50.7 Å². The molecule has 0 aromatic heterocycles. The van der Waals surface area contributed by atoms with E-state index in [1.54, 1.807) is 12.1 Å². The highest BCUT2D eigenvalue weighted by atomic mass is 32.2. The highest BCUT2D eigenvalue weighted by Crippen LogP contribution is 2.16. The molecule has 0 radical (unpaired) electrons. The highest BCUT2D eigenvalue weighted by molar-refractivity contribution is 7.90. The van der Waals surface area contributed by atoms with Crippen LogP contribution in [0.1, 0.15) is 48.9 Å². The standard InChI is InChI=1S/C17H26N2O3S/c1-23(21,22)16-10-8-14(9-11-16)17(20)19-13-12-18-15-6-4-2-3-5-7-15/h8-11,15,18H,2-7,12-13H2,1H3,(H,19,20). The Morgan fingerprint density at radius 2 is 1.65 bits per heavy atom. The minimum atomic E-state index is -3.22. The van der Waals surface area contributed by atoms with Crippen molar-refractivity contribution in [3.05, 3.63) is 29.8 Å². The average molecular weight is 338 g/mol. The normalized spacial score (nSPS) is 16.7. The summed E-state index contributed by atoms with van der Waals surface area (Å²) in [5, 5.41) is 6.36. The number of sulfone groups is 1. The molecule has 0 heterocycles. The summed E-state index contributed by atoms with van der Waals surface area (Å²) in [6.45, 7) is 1.33. The zero-order valence-electron chi connectivity index (χ0n) is 13.7. The minimum Gasteiger partial charge on any atom is -0.351 e. The highest BCUT2D eigenvalue weighted by Gasteiger charge is 2.12. The number of carbonyl (C=O) groups excluding carboxylic acids is 1. The third-order valence-corrected chi connectivity index (χ3v) is 5.37. The Labute approximate surface area is 138 Å². The van der Waals surface area contributed by atoms with Crippen LogP contribution < -0.4 is 10.6 Å². The van der Waals surface area contributed by atoms with Crippen molar-refractivity contribution >= 4 is 15.7 Å². The molecule has 0 unspecified atom stereocenters. The summed E-state index contributed by atoms with van der Waals surface area (Å²) in [7, 11) is -3.22. The molecule has 23 heavy (non-hydrogen) atoms. The SMILES string of the molecule is CS(=O)(=O)c1ccc(C(=O)NCCNC2CCCCCC2)cc1. The lowest BCUT2D eigenvalue weighted by Gasteiger charge is -2.16. The lowest BCUT2D eigenvalue weighted by atomic mass is 10.1. The topological polar surface area (TPSA) is 75.3 Å². The first-order valence-electron chi connectivity index (χ1n) is 8.28. The van der Waals surface area contributed by atoms with Crippen molar-refractivity contribution in [2.75, 3.05) is 19.3 Å². The maximum absolute atomic E-state index is 12.0. The van der Waals surface area contributed by atoms with Gasteiger partial charge < -0.3 is 10.6 Å². The Balaban J connectivity index is 1.74. The summed E-state index contributed by atoms with van der Waals surface area (Å²) in [5.74, 6) is -0.173. The summed E-state index contributed by atoms with van der Waals surface area (Å²) in [6, 6.07) is 6.60. The number of amides is 1. The molecule has 1 aromatic carbocycles. The van der Waals surface area contributed by atoms with Crippen LogP contribution in [0, 0.1) is 0 Å². The Morgan fingerprint density at radius 1 is 1.04 bits per heavy atom. The number of hydrogen-bond donors (Lipinski definition) is 2. The molecule has 0 spiro atoms. The number of benzene rings is 1. The molecule has 0 atom stereocenters. The summed E-state index contributed by atoms with van der Waals surface area (Å²) in [4.78, 5) is 12.2. The monoisotopic (exact) mass is 338 g/mol. The lowest BCUT2D eigenvalue weighted by molar-refractivity contribution is 0.0953. The van der Waals surface area contributed by atoms with E-state index < -0.39 is 9.84 Å². The van der Waals surface area contributed by atoms with Gasteiger partial charge in [-0.3, -0.25) is 4.79 Å². The lowest BCUT2D eigenvalue weighted by Crippen LogP contribution is -2.36. The first-order chi connectivity index (χ1) is 11.0. The molecule has 1 fully saturated rings. The molecule has 0 saturated heterocycles. The van der Waals surface area contributed by atoms with Crippen molar-refractivity contribution in [1.29, 1.82) is 0 Å². The van der Waals surface area contributed by atoms with Gasteiger partial charge in [-0.05, 0) is 37.1 Å².